The smallest absolute Gasteiger partial charge is 0.294 e. The molecule has 1 aliphatic heterocycles. The van der Waals surface area contributed by atoms with E-state index < -0.39 is 28.4 Å². The number of hydrogen-bond acceptors (Lipinski definition) is 5. The first kappa shape index (κ1) is 20.7. The summed E-state index contributed by atoms with van der Waals surface area (Å²) in [5.41, 5.74) is 1.54. The van der Waals surface area contributed by atoms with Gasteiger partial charge in [-0.3, -0.25) is 24.6 Å². The zero-order valence-electron chi connectivity index (χ0n) is 16.8. The summed E-state index contributed by atoms with van der Waals surface area (Å²) in [4.78, 5) is 37.9. The van der Waals surface area contributed by atoms with Crippen molar-refractivity contribution >= 4 is 29.1 Å². The van der Waals surface area contributed by atoms with Gasteiger partial charge in [-0.2, -0.15) is 0 Å². The third kappa shape index (κ3) is 3.91. The second-order valence-electron chi connectivity index (χ2n) is 7.13. The second-order valence-corrected chi connectivity index (χ2v) is 7.13. The van der Waals surface area contributed by atoms with Crippen molar-refractivity contribution in [2.24, 2.45) is 0 Å². The van der Waals surface area contributed by atoms with E-state index >= 15 is 0 Å². The van der Waals surface area contributed by atoms with Gasteiger partial charge in [0.25, 0.3) is 11.6 Å². The fraction of sp³-hybridized carbons (Fsp3) is 0.0400. The van der Waals surface area contributed by atoms with Crippen LogP contribution in [0.5, 0.6) is 0 Å². The van der Waals surface area contributed by atoms with Crippen LogP contribution in [0.2, 0.25) is 0 Å². The lowest BCUT2D eigenvalue weighted by Gasteiger charge is -2.26. The Morgan fingerprint density at radius 3 is 2.12 bits per heavy atom. The van der Waals surface area contributed by atoms with Crippen molar-refractivity contribution in [2.75, 3.05) is 4.90 Å². The highest BCUT2D eigenvalue weighted by atomic mass is 16.6. The molecule has 32 heavy (non-hydrogen) atoms. The van der Waals surface area contributed by atoms with Crippen LogP contribution >= 0.6 is 0 Å². The summed E-state index contributed by atoms with van der Waals surface area (Å²) in [6.45, 7) is 0. The molecule has 0 saturated heterocycles. The minimum Gasteiger partial charge on any atom is -0.503 e. The minimum atomic E-state index is -0.932. The number of aliphatic hydroxyl groups excluding tert-OH is 1. The molecule has 4 rings (SSSR count). The van der Waals surface area contributed by atoms with Gasteiger partial charge < -0.3 is 5.11 Å². The van der Waals surface area contributed by atoms with Crippen LogP contribution in [0.3, 0.4) is 0 Å². The molecule has 0 spiro atoms. The molecule has 3 aromatic carbocycles. The van der Waals surface area contributed by atoms with E-state index in [-0.39, 0.29) is 11.3 Å². The van der Waals surface area contributed by atoms with Crippen molar-refractivity contribution in [1.29, 1.82) is 0 Å². The number of non-ortho nitro benzene ring substituents is 1. The highest BCUT2D eigenvalue weighted by Crippen LogP contribution is 2.41. The van der Waals surface area contributed by atoms with Crippen LogP contribution in [0.1, 0.15) is 17.2 Å². The molecule has 1 N–H and O–H groups in total. The minimum absolute atomic E-state index is 0.0834. The molecular formula is C25H18N2O5. The first-order chi connectivity index (χ1) is 15.5. The molecule has 1 aliphatic rings. The Kier molecular flexibility index (Phi) is 5.63. The Morgan fingerprint density at radius 1 is 0.938 bits per heavy atom. The summed E-state index contributed by atoms with van der Waals surface area (Å²) in [7, 11) is 0. The number of allylic oxidation sites excluding steroid dienone is 1. The van der Waals surface area contributed by atoms with E-state index in [2.05, 4.69) is 0 Å². The molecule has 0 fully saturated rings. The molecule has 158 valence electrons. The highest BCUT2D eigenvalue weighted by molar-refractivity contribution is 6.19. The Hall–Kier alpha value is -4.52. The van der Waals surface area contributed by atoms with Crippen molar-refractivity contribution in [2.45, 2.75) is 6.04 Å². The van der Waals surface area contributed by atoms with Gasteiger partial charge in [0.2, 0.25) is 0 Å². The zero-order valence-corrected chi connectivity index (χ0v) is 16.8. The van der Waals surface area contributed by atoms with E-state index in [0.717, 1.165) is 5.56 Å². The standard InChI is InChI=1S/C25H18N2O5/c28-21(16-11-17-7-3-1-4-8-17)22-23(18-12-14-20(15-13-18)27(31)32)26(25(30)24(22)29)19-9-5-2-6-10-19/h1-16,23,29H/b16-11+. The second kappa shape index (κ2) is 8.69. The van der Waals surface area contributed by atoms with Crippen molar-refractivity contribution in [3.8, 4) is 0 Å². The molecule has 1 unspecified atom stereocenters. The first-order valence-corrected chi connectivity index (χ1v) is 9.81. The largest absolute Gasteiger partial charge is 0.503 e. The third-order valence-corrected chi connectivity index (χ3v) is 5.15. The average Bonchev–Trinajstić information content (AvgIpc) is 3.09. The molecule has 1 amide bonds. The number of nitro benzene ring substituents is 1. The quantitative estimate of drug-likeness (QED) is 0.347. The van der Waals surface area contributed by atoms with Gasteiger partial charge in [0.1, 0.15) is 0 Å². The van der Waals surface area contributed by atoms with Gasteiger partial charge in [-0.1, -0.05) is 54.6 Å². The monoisotopic (exact) mass is 426 g/mol. The maximum atomic E-state index is 13.1. The van der Waals surface area contributed by atoms with Crippen LogP contribution in [0.15, 0.2) is 102 Å². The van der Waals surface area contributed by atoms with Gasteiger partial charge in [-0.15, -0.1) is 0 Å². The van der Waals surface area contributed by atoms with Crippen molar-refractivity contribution in [1.82, 2.24) is 0 Å². The summed E-state index contributed by atoms with van der Waals surface area (Å²) >= 11 is 0. The summed E-state index contributed by atoms with van der Waals surface area (Å²) in [5.74, 6) is -1.88. The fourth-order valence-corrected chi connectivity index (χ4v) is 3.63. The van der Waals surface area contributed by atoms with E-state index in [1.807, 2.05) is 30.3 Å². The van der Waals surface area contributed by atoms with Crippen LogP contribution in [-0.2, 0) is 9.59 Å². The Bertz CT molecular complexity index is 1230. The normalized spacial score (nSPS) is 16.1. The number of nitro groups is 1. The van der Waals surface area contributed by atoms with Gasteiger partial charge in [-0.05, 0) is 41.5 Å². The summed E-state index contributed by atoms with van der Waals surface area (Å²) < 4.78 is 0. The molecule has 0 aliphatic carbocycles. The van der Waals surface area contributed by atoms with Crippen molar-refractivity contribution in [3.05, 3.63) is 124 Å². The fourth-order valence-electron chi connectivity index (χ4n) is 3.63. The number of aliphatic hydroxyl groups is 1. The Labute approximate surface area is 183 Å². The van der Waals surface area contributed by atoms with Gasteiger partial charge in [0, 0.05) is 17.8 Å². The number of rotatable bonds is 6. The lowest BCUT2D eigenvalue weighted by atomic mass is 9.95. The topological polar surface area (TPSA) is 101 Å². The number of ketones is 1. The average molecular weight is 426 g/mol. The summed E-state index contributed by atoms with van der Waals surface area (Å²) in [6, 6.07) is 22.4. The number of carbonyl (C=O) groups is 2. The number of nitrogens with zero attached hydrogens (tertiary/aromatic N) is 2. The molecule has 0 radical (unpaired) electrons. The number of amides is 1. The van der Waals surface area contributed by atoms with E-state index in [4.69, 9.17) is 0 Å². The molecule has 7 nitrogen and oxygen atoms in total. The van der Waals surface area contributed by atoms with Crippen LogP contribution in [-0.4, -0.2) is 21.7 Å². The van der Waals surface area contributed by atoms with E-state index in [0.29, 0.717) is 11.3 Å². The molecular weight excluding hydrogens is 408 g/mol. The molecule has 7 heteroatoms. The molecule has 1 atom stereocenters. The number of para-hydroxylation sites is 1. The number of carbonyl (C=O) groups excluding carboxylic acids is 2. The number of hydrogen-bond donors (Lipinski definition) is 1. The van der Waals surface area contributed by atoms with Crippen LogP contribution in [0.4, 0.5) is 11.4 Å². The van der Waals surface area contributed by atoms with E-state index in [1.54, 1.807) is 36.4 Å². The lowest BCUT2D eigenvalue weighted by molar-refractivity contribution is -0.384. The van der Waals surface area contributed by atoms with Gasteiger partial charge in [0.15, 0.2) is 11.5 Å². The molecule has 3 aromatic rings. The summed E-state index contributed by atoms with van der Waals surface area (Å²) in [6.07, 6.45) is 2.91. The van der Waals surface area contributed by atoms with Crippen molar-refractivity contribution in [3.63, 3.8) is 0 Å². The highest BCUT2D eigenvalue weighted by Gasteiger charge is 2.43. The number of benzene rings is 3. The third-order valence-electron chi connectivity index (χ3n) is 5.15. The van der Waals surface area contributed by atoms with Crippen molar-refractivity contribution < 1.29 is 19.6 Å². The number of anilines is 1. The predicted octanol–water partition coefficient (Wildman–Crippen LogP) is 4.78. The van der Waals surface area contributed by atoms with Gasteiger partial charge in [-0.25, -0.2) is 0 Å². The molecule has 0 aromatic heterocycles. The maximum absolute atomic E-state index is 13.1. The van der Waals surface area contributed by atoms with Gasteiger partial charge >= 0.3 is 0 Å². The zero-order chi connectivity index (χ0) is 22.7. The van der Waals surface area contributed by atoms with E-state index in [9.17, 15) is 24.8 Å². The van der Waals surface area contributed by atoms with Crippen LogP contribution in [0.25, 0.3) is 6.08 Å². The van der Waals surface area contributed by atoms with E-state index in [1.165, 1.54) is 35.2 Å². The SMILES string of the molecule is O=C(/C=C/c1ccccc1)C1=C(O)C(=O)N(c2ccccc2)C1c1ccc([N+](=O)[O-])cc1. The molecule has 0 bridgehead atoms. The molecule has 0 saturated carbocycles. The van der Waals surface area contributed by atoms with Crippen LogP contribution in [0, 0.1) is 10.1 Å². The Balaban J connectivity index is 1.78. The Morgan fingerprint density at radius 2 is 1.53 bits per heavy atom. The molecule has 1 heterocycles. The predicted molar refractivity (Wildman–Crippen MR) is 120 cm³/mol. The van der Waals surface area contributed by atoms with Gasteiger partial charge in [0.05, 0.1) is 16.5 Å². The first-order valence-electron chi connectivity index (χ1n) is 9.81. The lowest BCUT2D eigenvalue weighted by Crippen LogP contribution is -2.30. The summed E-state index contributed by atoms with van der Waals surface area (Å²) in [5, 5.41) is 21.7. The van der Waals surface area contributed by atoms with Crippen LogP contribution < -0.4 is 4.90 Å². The maximum Gasteiger partial charge on any atom is 0.294 e.